The van der Waals surface area contributed by atoms with Gasteiger partial charge in [-0.15, -0.1) is 0 Å². The van der Waals surface area contributed by atoms with Crippen molar-refractivity contribution in [3.63, 3.8) is 0 Å². The van der Waals surface area contributed by atoms with Gasteiger partial charge in [-0.25, -0.2) is 0 Å². The van der Waals surface area contributed by atoms with Crippen LogP contribution >= 0.6 is 0 Å². The van der Waals surface area contributed by atoms with Crippen molar-refractivity contribution >= 4 is 0 Å². The van der Waals surface area contributed by atoms with Gasteiger partial charge in [-0.2, -0.15) is 0 Å². The number of nitrogens with one attached hydrogen (secondary N) is 1. The maximum atomic E-state index is 6.05. The fraction of sp³-hybridized carbons (Fsp3) is 0.667. The molecule has 0 bridgehead atoms. The summed E-state index contributed by atoms with van der Waals surface area (Å²) in [5.41, 5.74) is 2.90. The minimum atomic E-state index is 0.250. The Kier molecular flexibility index (Phi) is 4.94. The quantitative estimate of drug-likeness (QED) is 0.901. The highest BCUT2D eigenvalue weighted by atomic mass is 16.5. The van der Waals surface area contributed by atoms with Crippen LogP contribution in [0.2, 0.25) is 0 Å². The van der Waals surface area contributed by atoms with Crippen LogP contribution in [0, 0.1) is 0 Å². The lowest BCUT2D eigenvalue weighted by Crippen LogP contribution is -2.47. The molecule has 0 amide bonds. The molecule has 2 unspecified atom stereocenters. The fourth-order valence-corrected chi connectivity index (χ4v) is 3.54. The molecule has 1 N–H and O–H groups in total. The van der Waals surface area contributed by atoms with Crippen LogP contribution in [-0.4, -0.2) is 44.3 Å². The van der Waals surface area contributed by atoms with E-state index in [0.717, 1.165) is 32.2 Å². The Labute approximate surface area is 128 Å². The van der Waals surface area contributed by atoms with E-state index < -0.39 is 0 Å². The van der Waals surface area contributed by atoms with Crippen LogP contribution in [0.5, 0.6) is 0 Å². The van der Waals surface area contributed by atoms with Gasteiger partial charge >= 0.3 is 0 Å². The van der Waals surface area contributed by atoms with Gasteiger partial charge in [0, 0.05) is 13.1 Å². The number of ether oxygens (including phenoxy) is 1. The molecule has 0 spiro atoms. The number of nitrogens with zero attached hydrogens (tertiary/aromatic N) is 1. The molecule has 1 heterocycles. The summed E-state index contributed by atoms with van der Waals surface area (Å²) in [6.45, 7) is 6.27. The van der Waals surface area contributed by atoms with Gasteiger partial charge in [-0.1, -0.05) is 37.6 Å². The van der Waals surface area contributed by atoms with E-state index in [1.54, 1.807) is 0 Å². The topological polar surface area (TPSA) is 24.5 Å². The lowest BCUT2D eigenvalue weighted by molar-refractivity contribution is -0.0444. The molecule has 0 aromatic heterocycles. The average molecular weight is 288 g/mol. The molecular formula is C18H28N2O. The molecule has 0 radical (unpaired) electrons. The third-order valence-corrected chi connectivity index (χ3v) is 5.15. The molecule has 2 atom stereocenters. The first-order valence-corrected chi connectivity index (χ1v) is 8.43. The summed E-state index contributed by atoms with van der Waals surface area (Å²) in [4.78, 5) is 2.48. The van der Waals surface area contributed by atoms with E-state index in [1.165, 1.54) is 30.4 Å². The predicted octanol–water partition coefficient (Wildman–Crippen LogP) is 2.94. The zero-order chi connectivity index (χ0) is 14.7. The first-order valence-electron chi connectivity index (χ1n) is 8.43. The van der Waals surface area contributed by atoms with E-state index in [1.807, 2.05) is 0 Å². The third kappa shape index (κ3) is 3.31. The highest BCUT2D eigenvalue weighted by Gasteiger charge is 2.28. The molecule has 2 fully saturated rings. The molecule has 2 aliphatic rings. The molecule has 21 heavy (non-hydrogen) atoms. The molecule has 1 aromatic rings. The van der Waals surface area contributed by atoms with E-state index in [9.17, 15) is 0 Å². The predicted molar refractivity (Wildman–Crippen MR) is 86.7 cm³/mol. The first-order chi connectivity index (χ1) is 10.3. The Hall–Kier alpha value is -0.900. The molecule has 1 aliphatic carbocycles. The van der Waals surface area contributed by atoms with Crippen LogP contribution in [-0.2, 0) is 4.74 Å². The number of morpholine rings is 1. The molecule has 1 aliphatic heterocycles. The van der Waals surface area contributed by atoms with Crippen molar-refractivity contribution in [2.75, 3.05) is 33.3 Å². The Morgan fingerprint density at radius 1 is 1.38 bits per heavy atom. The van der Waals surface area contributed by atoms with Gasteiger partial charge in [0.25, 0.3) is 0 Å². The highest BCUT2D eigenvalue weighted by molar-refractivity contribution is 5.30. The Morgan fingerprint density at radius 3 is 2.90 bits per heavy atom. The van der Waals surface area contributed by atoms with Crippen molar-refractivity contribution in [2.24, 2.45) is 0 Å². The molecule has 3 nitrogen and oxygen atoms in total. The summed E-state index contributed by atoms with van der Waals surface area (Å²) >= 11 is 0. The van der Waals surface area contributed by atoms with Crippen LogP contribution < -0.4 is 5.32 Å². The monoisotopic (exact) mass is 288 g/mol. The lowest BCUT2D eigenvalue weighted by atomic mass is 9.79. The Balaban J connectivity index is 1.75. The Morgan fingerprint density at radius 2 is 2.24 bits per heavy atom. The molecule has 3 rings (SSSR count). The SMILES string of the molecule is CCN1CCOC(C(NC)c2cccc(C3CCC3)c2)C1. The molecule has 1 saturated carbocycles. The van der Waals surface area contributed by atoms with Gasteiger partial charge < -0.3 is 10.1 Å². The van der Waals surface area contributed by atoms with E-state index in [2.05, 4.69) is 48.5 Å². The average Bonchev–Trinajstić information content (AvgIpc) is 2.47. The maximum Gasteiger partial charge on any atom is 0.0896 e. The van der Waals surface area contributed by atoms with Crippen molar-refractivity contribution in [1.82, 2.24) is 10.2 Å². The van der Waals surface area contributed by atoms with Crippen LogP contribution in [0.4, 0.5) is 0 Å². The zero-order valence-electron chi connectivity index (χ0n) is 13.3. The van der Waals surface area contributed by atoms with Crippen LogP contribution in [0.1, 0.15) is 49.3 Å². The highest BCUT2D eigenvalue weighted by Crippen LogP contribution is 2.37. The third-order valence-electron chi connectivity index (χ3n) is 5.15. The van der Waals surface area contributed by atoms with Gasteiger partial charge in [0.2, 0.25) is 0 Å². The van der Waals surface area contributed by atoms with Gasteiger partial charge in [-0.05, 0) is 43.5 Å². The molecule has 116 valence electrons. The van der Waals surface area contributed by atoms with Gasteiger partial charge in [-0.3, -0.25) is 4.90 Å². The summed E-state index contributed by atoms with van der Waals surface area (Å²) in [5, 5.41) is 3.48. The number of hydrogen-bond donors (Lipinski definition) is 1. The van der Waals surface area contributed by atoms with Crippen LogP contribution in [0.3, 0.4) is 0 Å². The van der Waals surface area contributed by atoms with E-state index in [0.29, 0.717) is 6.04 Å². The van der Waals surface area contributed by atoms with Gasteiger partial charge in [0.15, 0.2) is 0 Å². The smallest absolute Gasteiger partial charge is 0.0896 e. The molecule has 1 aromatic carbocycles. The van der Waals surface area contributed by atoms with E-state index in [-0.39, 0.29) is 6.10 Å². The second-order valence-electron chi connectivity index (χ2n) is 6.37. The Bertz CT molecular complexity index is 458. The molecule has 1 saturated heterocycles. The maximum absolute atomic E-state index is 6.05. The van der Waals surface area contributed by atoms with Crippen molar-refractivity contribution in [3.8, 4) is 0 Å². The summed E-state index contributed by atoms with van der Waals surface area (Å²) in [5.74, 6) is 0.793. The van der Waals surface area contributed by atoms with Crippen LogP contribution in [0.25, 0.3) is 0 Å². The number of likely N-dealkylation sites (N-methyl/N-ethyl adjacent to an activating group) is 2. The van der Waals surface area contributed by atoms with Gasteiger partial charge in [0.1, 0.15) is 0 Å². The minimum absolute atomic E-state index is 0.250. The lowest BCUT2D eigenvalue weighted by Gasteiger charge is -2.37. The molecular weight excluding hydrogens is 260 g/mol. The summed E-state index contributed by atoms with van der Waals surface area (Å²) in [6.07, 6.45) is 4.36. The minimum Gasteiger partial charge on any atom is -0.374 e. The number of rotatable bonds is 5. The summed E-state index contributed by atoms with van der Waals surface area (Å²) in [6, 6.07) is 9.45. The molecule has 3 heteroatoms. The fourth-order valence-electron chi connectivity index (χ4n) is 3.54. The van der Waals surface area contributed by atoms with Crippen molar-refractivity contribution in [3.05, 3.63) is 35.4 Å². The second-order valence-corrected chi connectivity index (χ2v) is 6.37. The van der Waals surface area contributed by atoms with Crippen molar-refractivity contribution < 1.29 is 4.74 Å². The van der Waals surface area contributed by atoms with E-state index in [4.69, 9.17) is 4.74 Å². The summed E-state index contributed by atoms with van der Waals surface area (Å²) in [7, 11) is 2.05. The normalized spacial score (nSPS) is 25.5. The van der Waals surface area contributed by atoms with Crippen LogP contribution in [0.15, 0.2) is 24.3 Å². The van der Waals surface area contributed by atoms with Crippen molar-refractivity contribution in [1.29, 1.82) is 0 Å². The first kappa shape index (κ1) is 15.0. The van der Waals surface area contributed by atoms with E-state index >= 15 is 0 Å². The summed E-state index contributed by atoms with van der Waals surface area (Å²) < 4.78 is 6.05. The largest absolute Gasteiger partial charge is 0.374 e. The van der Waals surface area contributed by atoms with Crippen molar-refractivity contribution in [2.45, 2.75) is 44.2 Å². The standard InChI is InChI=1S/C18H28N2O/c1-3-20-10-11-21-17(13-20)18(19-2)16-9-5-8-15(12-16)14-6-4-7-14/h5,8-9,12,14,17-19H,3-4,6-7,10-11,13H2,1-2H3. The van der Waals surface area contributed by atoms with Gasteiger partial charge in [0.05, 0.1) is 18.8 Å². The second kappa shape index (κ2) is 6.91. The number of hydrogen-bond acceptors (Lipinski definition) is 3. The number of benzene rings is 1. The zero-order valence-corrected chi connectivity index (χ0v) is 13.3.